The molecule has 0 atom stereocenters. The first kappa shape index (κ1) is 20.8. The van der Waals surface area contributed by atoms with E-state index in [1.807, 2.05) is 24.8 Å². The lowest BCUT2D eigenvalue weighted by Gasteiger charge is -2.06. The Morgan fingerprint density at radius 1 is 0.882 bits per heavy atom. The predicted octanol–water partition coefficient (Wildman–Crippen LogP) is 6.31. The Bertz CT molecular complexity index is 1620. The van der Waals surface area contributed by atoms with Crippen molar-refractivity contribution in [1.82, 2.24) is 30.5 Å². The lowest BCUT2D eigenvalue weighted by atomic mass is 10.0. The van der Waals surface area contributed by atoms with Gasteiger partial charge in [0.15, 0.2) is 0 Å². The van der Waals surface area contributed by atoms with E-state index < -0.39 is 0 Å². The molecule has 3 N–H and O–H groups in total. The fourth-order valence-electron chi connectivity index (χ4n) is 4.36. The Morgan fingerprint density at radius 3 is 2.65 bits per heavy atom. The minimum Gasteiger partial charge on any atom is -0.352 e. The third-order valence-electron chi connectivity index (χ3n) is 6.08. The Balaban J connectivity index is 1.44. The number of aromatic amines is 2. The summed E-state index contributed by atoms with van der Waals surface area (Å²) in [5.41, 5.74) is 8.41. The minimum atomic E-state index is 0.811. The topological polar surface area (TPSA) is 82.3 Å². The van der Waals surface area contributed by atoms with Crippen molar-refractivity contribution in [2.75, 3.05) is 6.54 Å². The van der Waals surface area contributed by atoms with Crippen LogP contribution >= 0.6 is 11.3 Å². The van der Waals surface area contributed by atoms with Crippen molar-refractivity contribution in [3.63, 3.8) is 0 Å². The normalized spacial score (nSPS) is 11.6. The fourth-order valence-corrected chi connectivity index (χ4v) is 5.26. The number of thiophene rings is 1. The molecule has 168 valence electrons. The van der Waals surface area contributed by atoms with Gasteiger partial charge in [-0.15, -0.1) is 11.3 Å². The molecule has 0 unspecified atom stereocenters. The summed E-state index contributed by atoms with van der Waals surface area (Å²) in [4.78, 5) is 15.0. The van der Waals surface area contributed by atoms with E-state index in [9.17, 15) is 0 Å². The number of aryl methyl sites for hydroxylation is 1. The van der Waals surface area contributed by atoms with Crippen LogP contribution in [0.25, 0.3) is 54.8 Å². The number of hydrogen-bond acceptors (Lipinski definition) is 5. The van der Waals surface area contributed by atoms with Crippen molar-refractivity contribution in [3.05, 3.63) is 77.7 Å². The van der Waals surface area contributed by atoms with E-state index in [0.717, 1.165) is 63.0 Å². The van der Waals surface area contributed by atoms with Gasteiger partial charge in [0, 0.05) is 56.8 Å². The third-order valence-corrected chi connectivity index (χ3v) is 7.11. The molecule has 0 saturated carbocycles. The molecule has 0 saturated heterocycles. The number of rotatable bonds is 6. The van der Waals surface area contributed by atoms with Crippen molar-refractivity contribution in [2.45, 2.75) is 20.4 Å². The number of benzene rings is 1. The number of fused-ring (bicyclic) bond motifs is 2. The first-order chi connectivity index (χ1) is 16.7. The van der Waals surface area contributed by atoms with E-state index in [2.05, 4.69) is 86.8 Å². The molecule has 0 amide bonds. The Labute approximate surface area is 201 Å². The number of nitrogens with one attached hydrogen (secondary N) is 3. The highest BCUT2D eigenvalue weighted by atomic mass is 32.1. The average Bonchev–Trinajstić information content (AvgIpc) is 3.59. The highest BCUT2D eigenvalue weighted by Gasteiger charge is 2.15. The van der Waals surface area contributed by atoms with Crippen LogP contribution in [0.1, 0.15) is 17.4 Å². The highest BCUT2D eigenvalue weighted by Crippen LogP contribution is 2.36. The van der Waals surface area contributed by atoms with Crippen LogP contribution in [-0.2, 0) is 6.54 Å². The van der Waals surface area contributed by atoms with Gasteiger partial charge in [-0.05, 0) is 61.0 Å². The lowest BCUT2D eigenvalue weighted by molar-refractivity contribution is 0.724. The molecular formula is C27H24N6S. The molecule has 6 nitrogen and oxygen atoms in total. The molecule has 0 aliphatic carbocycles. The minimum absolute atomic E-state index is 0.811. The van der Waals surface area contributed by atoms with Gasteiger partial charge >= 0.3 is 0 Å². The summed E-state index contributed by atoms with van der Waals surface area (Å²) in [5, 5.41) is 13.4. The number of aromatic nitrogens is 5. The first-order valence-electron chi connectivity index (χ1n) is 11.4. The second-order valence-electron chi connectivity index (χ2n) is 8.44. The fraction of sp³-hybridized carbons (Fsp3) is 0.148. The summed E-state index contributed by atoms with van der Waals surface area (Å²) in [6.07, 6.45) is 7.66. The van der Waals surface area contributed by atoms with Gasteiger partial charge in [0.05, 0.1) is 22.9 Å². The van der Waals surface area contributed by atoms with Crippen molar-refractivity contribution < 1.29 is 0 Å². The van der Waals surface area contributed by atoms with Crippen LogP contribution in [0.2, 0.25) is 0 Å². The molecular weight excluding hydrogens is 440 g/mol. The lowest BCUT2D eigenvalue weighted by Crippen LogP contribution is -2.11. The highest BCUT2D eigenvalue weighted by molar-refractivity contribution is 7.15. The summed E-state index contributed by atoms with van der Waals surface area (Å²) >= 11 is 1.78. The van der Waals surface area contributed by atoms with Gasteiger partial charge in [-0.25, -0.2) is 0 Å². The second kappa shape index (κ2) is 8.52. The van der Waals surface area contributed by atoms with Crippen LogP contribution in [0.5, 0.6) is 0 Å². The Morgan fingerprint density at radius 2 is 1.79 bits per heavy atom. The van der Waals surface area contributed by atoms with Crippen molar-refractivity contribution in [1.29, 1.82) is 0 Å². The van der Waals surface area contributed by atoms with Gasteiger partial charge in [0.25, 0.3) is 0 Å². The van der Waals surface area contributed by atoms with Crippen molar-refractivity contribution in [3.8, 4) is 33.0 Å². The zero-order chi connectivity index (χ0) is 23.1. The molecule has 0 fully saturated rings. The van der Waals surface area contributed by atoms with Crippen molar-refractivity contribution >= 4 is 33.1 Å². The van der Waals surface area contributed by atoms with E-state index in [1.54, 1.807) is 11.3 Å². The molecule has 1 aromatic carbocycles. The molecule has 6 rings (SSSR count). The van der Waals surface area contributed by atoms with Gasteiger partial charge in [-0.1, -0.05) is 13.0 Å². The molecule has 0 aliphatic heterocycles. The van der Waals surface area contributed by atoms with Crippen LogP contribution in [0.15, 0.2) is 67.3 Å². The summed E-state index contributed by atoms with van der Waals surface area (Å²) in [5.74, 6) is 0. The van der Waals surface area contributed by atoms with Gasteiger partial charge < -0.3 is 10.3 Å². The zero-order valence-corrected chi connectivity index (χ0v) is 19.8. The molecule has 0 spiro atoms. The molecule has 0 bridgehead atoms. The third kappa shape index (κ3) is 3.69. The van der Waals surface area contributed by atoms with Crippen LogP contribution in [0, 0.1) is 6.92 Å². The molecule has 5 aromatic heterocycles. The summed E-state index contributed by atoms with van der Waals surface area (Å²) < 4.78 is 0. The van der Waals surface area contributed by atoms with Gasteiger partial charge in [-0.2, -0.15) is 5.10 Å². The molecule has 0 radical (unpaired) electrons. The summed E-state index contributed by atoms with van der Waals surface area (Å²) in [6, 6.07) is 15.1. The quantitative estimate of drug-likeness (QED) is 0.270. The average molecular weight is 465 g/mol. The van der Waals surface area contributed by atoms with E-state index in [1.165, 1.54) is 15.3 Å². The summed E-state index contributed by atoms with van der Waals surface area (Å²) in [7, 11) is 0. The van der Waals surface area contributed by atoms with Crippen LogP contribution in [0.4, 0.5) is 0 Å². The number of nitrogens with zero attached hydrogens (tertiary/aromatic N) is 3. The molecule has 7 heteroatoms. The van der Waals surface area contributed by atoms with E-state index >= 15 is 0 Å². The molecule has 6 aromatic rings. The maximum atomic E-state index is 4.66. The Kier molecular flexibility index (Phi) is 5.20. The summed E-state index contributed by atoms with van der Waals surface area (Å²) in [6.45, 7) is 5.98. The molecule has 5 heterocycles. The number of H-pyrrole nitrogens is 2. The van der Waals surface area contributed by atoms with Gasteiger partial charge in [0.2, 0.25) is 0 Å². The van der Waals surface area contributed by atoms with Crippen molar-refractivity contribution in [2.24, 2.45) is 0 Å². The number of pyridine rings is 2. The largest absolute Gasteiger partial charge is 0.352 e. The molecule has 34 heavy (non-hydrogen) atoms. The maximum Gasteiger partial charge on any atom is 0.116 e. The Hall–Kier alpha value is -3.81. The van der Waals surface area contributed by atoms with Crippen LogP contribution < -0.4 is 5.32 Å². The van der Waals surface area contributed by atoms with E-state index in [-0.39, 0.29) is 0 Å². The predicted molar refractivity (Wildman–Crippen MR) is 140 cm³/mol. The first-order valence-corrected chi connectivity index (χ1v) is 12.2. The maximum absolute atomic E-state index is 4.66. The monoisotopic (exact) mass is 464 g/mol. The van der Waals surface area contributed by atoms with Crippen LogP contribution in [0.3, 0.4) is 0 Å². The smallest absolute Gasteiger partial charge is 0.116 e. The van der Waals surface area contributed by atoms with Gasteiger partial charge in [0.1, 0.15) is 5.69 Å². The van der Waals surface area contributed by atoms with E-state index in [4.69, 9.17) is 0 Å². The second-order valence-corrected chi connectivity index (χ2v) is 9.72. The van der Waals surface area contributed by atoms with E-state index in [0.29, 0.717) is 0 Å². The molecule has 0 aliphatic rings. The SMILES string of the molecule is CCNCc1cncc(-c2ccc3[nH]nc(-c4cc5c(-c6ccc(C)s6)cncc5[nH]4)c3c2)c1. The zero-order valence-electron chi connectivity index (χ0n) is 19.0. The standard InChI is InChI=1S/C27H24N6S/c1-3-28-11-17-8-19(13-29-12-17)18-5-6-23-21(9-18)27(33-32-23)24-10-20-22(14-30-15-25(20)31-24)26-7-4-16(2)34-26/h4-10,12-15,28,31H,3,11H2,1-2H3,(H,32,33). The number of hydrogen-bond donors (Lipinski definition) is 3. The van der Waals surface area contributed by atoms with Gasteiger partial charge in [-0.3, -0.25) is 15.1 Å². The van der Waals surface area contributed by atoms with Crippen LogP contribution in [-0.4, -0.2) is 31.7 Å².